The minimum absolute atomic E-state index is 0.0248. The molecule has 204 valence electrons. The average Bonchev–Trinajstić information content (AvgIpc) is 3.20. The van der Waals surface area contributed by atoms with Crippen LogP contribution in [0.5, 0.6) is 0 Å². The number of hydrogen-bond donors (Lipinski definition) is 3. The molecule has 1 fully saturated rings. The number of carboxylic acid groups (broad SMARTS) is 1. The van der Waals surface area contributed by atoms with Gasteiger partial charge in [-0.3, -0.25) is 4.98 Å². The smallest absolute Gasteiger partial charge is 0.416 e. The molecule has 0 spiro atoms. The van der Waals surface area contributed by atoms with E-state index in [4.69, 9.17) is 0 Å². The van der Waals surface area contributed by atoms with Crippen LogP contribution >= 0.6 is 0 Å². The highest BCUT2D eigenvalue weighted by Gasteiger charge is 2.30. The Labute approximate surface area is 222 Å². The number of alkyl halides is 3. The first-order valence-electron chi connectivity index (χ1n) is 12.7. The number of imidazole rings is 1. The summed E-state index contributed by atoms with van der Waals surface area (Å²) in [7, 11) is 0. The van der Waals surface area contributed by atoms with Crippen LogP contribution in [0.4, 0.5) is 24.9 Å². The number of aromatic carboxylic acids is 1. The van der Waals surface area contributed by atoms with Crippen LogP contribution < -0.4 is 10.6 Å². The van der Waals surface area contributed by atoms with Gasteiger partial charge in [-0.25, -0.2) is 14.8 Å². The highest BCUT2D eigenvalue weighted by Crippen LogP contribution is 2.34. The normalized spacial score (nSPS) is 15.5. The molecule has 1 aromatic carbocycles. The van der Waals surface area contributed by atoms with Crippen LogP contribution in [0.3, 0.4) is 0 Å². The standard InChI is InChI=1S/C27H28F3N7O2/c1-15(18-6-5-7-18)32-22-21-23(35-24(34-22)25(38)39)36-26(33-16(2)20-8-3-4-13-31-20)37(21)14-17-9-11-19(12-10-17)27(28,29)30/h3-4,8-13,15-16,18H,5-7,14H2,1-2H3,(H,38,39)(H2,32,33,34,35,36)/t15-,16?/m1/s1. The highest BCUT2D eigenvalue weighted by atomic mass is 19.4. The zero-order valence-electron chi connectivity index (χ0n) is 21.4. The topological polar surface area (TPSA) is 118 Å². The molecule has 12 heteroatoms. The van der Waals surface area contributed by atoms with Gasteiger partial charge in [0.15, 0.2) is 11.5 Å². The first-order valence-corrected chi connectivity index (χ1v) is 12.7. The molecule has 39 heavy (non-hydrogen) atoms. The number of anilines is 2. The molecule has 0 radical (unpaired) electrons. The largest absolute Gasteiger partial charge is 0.475 e. The van der Waals surface area contributed by atoms with Crippen molar-refractivity contribution in [3.8, 4) is 0 Å². The number of carboxylic acids is 1. The van der Waals surface area contributed by atoms with Crippen molar-refractivity contribution in [2.24, 2.45) is 5.92 Å². The van der Waals surface area contributed by atoms with Gasteiger partial charge in [0.05, 0.1) is 23.8 Å². The minimum atomic E-state index is -4.44. The Morgan fingerprint density at radius 1 is 1.08 bits per heavy atom. The number of halogens is 3. The van der Waals surface area contributed by atoms with Crippen LogP contribution in [0.2, 0.25) is 0 Å². The lowest BCUT2D eigenvalue weighted by Gasteiger charge is -2.32. The van der Waals surface area contributed by atoms with E-state index in [-0.39, 0.29) is 24.3 Å². The number of benzene rings is 1. The van der Waals surface area contributed by atoms with E-state index in [0.29, 0.717) is 28.8 Å². The molecule has 2 atom stereocenters. The van der Waals surface area contributed by atoms with E-state index >= 15 is 0 Å². The number of fused-ring (bicyclic) bond motifs is 1. The fourth-order valence-electron chi connectivity index (χ4n) is 4.65. The van der Waals surface area contributed by atoms with Gasteiger partial charge in [0.2, 0.25) is 11.8 Å². The summed E-state index contributed by atoms with van der Waals surface area (Å²) in [5, 5.41) is 16.3. The van der Waals surface area contributed by atoms with Crippen LogP contribution in [0, 0.1) is 5.92 Å². The molecule has 1 aliphatic rings. The molecular formula is C27H28F3N7O2. The maximum Gasteiger partial charge on any atom is 0.416 e. The summed E-state index contributed by atoms with van der Waals surface area (Å²) >= 11 is 0. The maximum atomic E-state index is 13.1. The summed E-state index contributed by atoms with van der Waals surface area (Å²) in [4.78, 5) is 29.3. The Bertz CT molecular complexity index is 1470. The molecule has 1 saturated carbocycles. The third-order valence-electron chi connectivity index (χ3n) is 7.11. The van der Waals surface area contributed by atoms with Crippen LogP contribution in [0.15, 0.2) is 48.7 Å². The predicted molar refractivity (Wildman–Crippen MR) is 140 cm³/mol. The molecule has 3 heterocycles. The summed E-state index contributed by atoms with van der Waals surface area (Å²) in [5.74, 6) is -0.579. The van der Waals surface area contributed by atoms with Crippen molar-refractivity contribution in [3.63, 3.8) is 0 Å². The lowest BCUT2D eigenvalue weighted by Crippen LogP contribution is -2.31. The predicted octanol–water partition coefficient (Wildman–Crippen LogP) is 5.76. The minimum Gasteiger partial charge on any atom is -0.475 e. The average molecular weight is 540 g/mol. The summed E-state index contributed by atoms with van der Waals surface area (Å²) in [5.41, 5.74) is 1.22. The summed E-state index contributed by atoms with van der Waals surface area (Å²) in [6, 6.07) is 10.2. The Morgan fingerprint density at radius 2 is 1.82 bits per heavy atom. The van der Waals surface area contributed by atoms with Gasteiger partial charge in [-0.1, -0.05) is 24.6 Å². The Morgan fingerprint density at radius 3 is 2.41 bits per heavy atom. The van der Waals surface area contributed by atoms with E-state index in [0.717, 1.165) is 37.1 Å². The molecule has 0 saturated heterocycles. The van der Waals surface area contributed by atoms with Gasteiger partial charge in [0.1, 0.15) is 5.52 Å². The van der Waals surface area contributed by atoms with Crippen molar-refractivity contribution in [3.05, 3.63) is 71.3 Å². The number of nitrogens with one attached hydrogen (secondary N) is 2. The number of nitrogens with zero attached hydrogens (tertiary/aromatic N) is 5. The van der Waals surface area contributed by atoms with Crippen molar-refractivity contribution in [1.82, 2.24) is 24.5 Å². The van der Waals surface area contributed by atoms with Gasteiger partial charge >= 0.3 is 12.1 Å². The molecule has 0 aliphatic heterocycles. The third kappa shape index (κ3) is 5.64. The second-order valence-electron chi connectivity index (χ2n) is 9.83. The Balaban J connectivity index is 1.61. The monoisotopic (exact) mass is 539 g/mol. The zero-order valence-corrected chi connectivity index (χ0v) is 21.4. The van der Waals surface area contributed by atoms with Crippen molar-refractivity contribution >= 4 is 28.9 Å². The molecule has 3 N–H and O–H groups in total. The molecule has 0 bridgehead atoms. The number of rotatable bonds is 9. The molecule has 4 aromatic rings. The third-order valence-corrected chi connectivity index (χ3v) is 7.11. The molecule has 1 unspecified atom stereocenters. The van der Waals surface area contributed by atoms with E-state index < -0.39 is 23.5 Å². The highest BCUT2D eigenvalue weighted by molar-refractivity contribution is 5.91. The lowest BCUT2D eigenvalue weighted by molar-refractivity contribution is -0.137. The van der Waals surface area contributed by atoms with Gasteiger partial charge < -0.3 is 20.3 Å². The first kappa shape index (κ1) is 26.4. The maximum absolute atomic E-state index is 13.1. The van der Waals surface area contributed by atoms with Crippen LogP contribution in [-0.2, 0) is 12.7 Å². The molecule has 1 aliphatic carbocycles. The molecule has 9 nitrogen and oxygen atoms in total. The fourth-order valence-corrected chi connectivity index (χ4v) is 4.65. The van der Waals surface area contributed by atoms with E-state index in [1.807, 2.05) is 26.0 Å². The van der Waals surface area contributed by atoms with E-state index in [9.17, 15) is 23.1 Å². The Kier molecular flexibility index (Phi) is 7.11. The molecule has 5 rings (SSSR count). The van der Waals surface area contributed by atoms with Crippen molar-refractivity contribution in [2.75, 3.05) is 10.6 Å². The van der Waals surface area contributed by atoms with Gasteiger partial charge in [-0.15, -0.1) is 0 Å². The second-order valence-corrected chi connectivity index (χ2v) is 9.83. The summed E-state index contributed by atoms with van der Waals surface area (Å²) in [6.07, 6.45) is 0.496. The van der Waals surface area contributed by atoms with E-state index in [1.165, 1.54) is 12.1 Å². The first-order chi connectivity index (χ1) is 18.6. The summed E-state index contributed by atoms with van der Waals surface area (Å²) < 4.78 is 41.2. The number of aromatic nitrogens is 5. The van der Waals surface area contributed by atoms with Crippen molar-refractivity contribution in [2.45, 2.75) is 57.9 Å². The van der Waals surface area contributed by atoms with E-state index in [2.05, 4.69) is 30.6 Å². The molecule has 0 amide bonds. The van der Waals surface area contributed by atoms with Crippen LogP contribution in [-0.4, -0.2) is 41.6 Å². The fraction of sp³-hybridized carbons (Fsp3) is 0.370. The number of carbonyl (C=O) groups is 1. The Hall–Kier alpha value is -4.22. The van der Waals surface area contributed by atoms with Crippen molar-refractivity contribution in [1.29, 1.82) is 0 Å². The number of pyridine rings is 1. The van der Waals surface area contributed by atoms with Crippen molar-refractivity contribution < 1.29 is 23.1 Å². The van der Waals surface area contributed by atoms with Gasteiger partial charge in [0.25, 0.3) is 0 Å². The molecule has 3 aromatic heterocycles. The van der Waals surface area contributed by atoms with Gasteiger partial charge in [-0.2, -0.15) is 18.2 Å². The lowest BCUT2D eigenvalue weighted by atomic mass is 9.80. The second kappa shape index (κ2) is 10.5. The molecular weight excluding hydrogens is 511 g/mol. The SMILES string of the molecule is CC(Nc1nc2nc(C(=O)O)nc(N[C@H](C)C3CCC3)c2n1Cc1ccc(C(F)(F)F)cc1)c1ccccn1. The zero-order chi connectivity index (χ0) is 27.7. The number of hydrogen-bond acceptors (Lipinski definition) is 7. The quantitative estimate of drug-likeness (QED) is 0.246. The van der Waals surface area contributed by atoms with Gasteiger partial charge in [-0.05, 0) is 62.4 Å². The van der Waals surface area contributed by atoms with Crippen LogP contribution in [0.25, 0.3) is 11.2 Å². The summed E-state index contributed by atoms with van der Waals surface area (Å²) in [6.45, 7) is 4.07. The van der Waals surface area contributed by atoms with E-state index in [1.54, 1.807) is 16.8 Å². The van der Waals surface area contributed by atoms with Gasteiger partial charge in [0, 0.05) is 12.2 Å². The van der Waals surface area contributed by atoms with Crippen LogP contribution in [0.1, 0.15) is 66.6 Å².